The molecule has 1 N–H and O–H groups in total. The van der Waals surface area contributed by atoms with Crippen molar-refractivity contribution in [2.75, 3.05) is 26.2 Å². The summed E-state index contributed by atoms with van der Waals surface area (Å²) in [4.78, 5) is 17.4. The van der Waals surface area contributed by atoms with E-state index in [1.165, 1.54) is 5.56 Å². The molecule has 2 heterocycles. The van der Waals surface area contributed by atoms with Crippen LogP contribution in [0.3, 0.4) is 0 Å². The molecule has 1 aliphatic heterocycles. The Morgan fingerprint density at radius 1 is 0.969 bits per heavy atom. The van der Waals surface area contributed by atoms with Crippen LogP contribution in [0.15, 0.2) is 60.8 Å². The average molecular weight is 434 g/mol. The predicted molar refractivity (Wildman–Crippen MR) is 123 cm³/mol. The lowest BCUT2D eigenvalue weighted by Crippen LogP contribution is -2.35. The molecule has 7 nitrogen and oxygen atoms in total. The Morgan fingerprint density at radius 3 is 2.47 bits per heavy atom. The standard InChI is InChI=1S/C25H31N5O2/c1-2-24(31)23-19-30(27-26-23)18-21-9-11-22(12-10-21)25(32)29-14-6-13-28(15-16-29)17-20-7-4-3-5-8-20/h3-5,7-12,19,24,31H,2,6,13-18H2,1H3. The minimum atomic E-state index is -0.582. The van der Waals surface area contributed by atoms with Gasteiger partial charge in [-0.2, -0.15) is 0 Å². The molecule has 2 aromatic carbocycles. The number of amides is 1. The Hall–Kier alpha value is -3.03. The van der Waals surface area contributed by atoms with Crippen LogP contribution in [0.1, 0.15) is 53.0 Å². The maximum Gasteiger partial charge on any atom is 0.253 e. The molecule has 7 heteroatoms. The summed E-state index contributed by atoms with van der Waals surface area (Å²) in [7, 11) is 0. The molecular formula is C25H31N5O2. The topological polar surface area (TPSA) is 74.5 Å². The highest BCUT2D eigenvalue weighted by Crippen LogP contribution is 2.15. The van der Waals surface area contributed by atoms with Crippen molar-refractivity contribution in [1.29, 1.82) is 0 Å². The summed E-state index contributed by atoms with van der Waals surface area (Å²) in [5.41, 5.74) is 3.65. The summed E-state index contributed by atoms with van der Waals surface area (Å²) in [6, 6.07) is 18.2. The second-order valence-corrected chi connectivity index (χ2v) is 8.37. The molecule has 168 valence electrons. The molecule has 1 aliphatic rings. The molecule has 0 radical (unpaired) electrons. The van der Waals surface area contributed by atoms with E-state index in [-0.39, 0.29) is 5.91 Å². The molecule has 0 saturated carbocycles. The molecule has 0 bridgehead atoms. The molecule has 0 spiro atoms. The Morgan fingerprint density at radius 2 is 1.72 bits per heavy atom. The van der Waals surface area contributed by atoms with Crippen LogP contribution in [0.5, 0.6) is 0 Å². The maximum atomic E-state index is 13.1. The van der Waals surface area contributed by atoms with Crippen molar-refractivity contribution in [2.45, 2.75) is 39.0 Å². The van der Waals surface area contributed by atoms with E-state index in [9.17, 15) is 9.90 Å². The highest BCUT2D eigenvalue weighted by molar-refractivity contribution is 5.94. The van der Waals surface area contributed by atoms with E-state index in [0.29, 0.717) is 24.2 Å². The summed E-state index contributed by atoms with van der Waals surface area (Å²) in [6.07, 6.45) is 2.78. The van der Waals surface area contributed by atoms with Crippen molar-refractivity contribution in [3.63, 3.8) is 0 Å². The van der Waals surface area contributed by atoms with Crippen LogP contribution in [0.2, 0.25) is 0 Å². The number of carbonyl (C=O) groups is 1. The highest BCUT2D eigenvalue weighted by Gasteiger charge is 2.20. The Balaban J connectivity index is 1.32. The van der Waals surface area contributed by atoms with E-state index in [1.54, 1.807) is 10.9 Å². The van der Waals surface area contributed by atoms with Gasteiger partial charge in [0.25, 0.3) is 5.91 Å². The summed E-state index contributed by atoms with van der Waals surface area (Å²) >= 11 is 0. The number of aliphatic hydroxyl groups is 1. The summed E-state index contributed by atoms with van der Waals surface area (Å²) in [5.74, 6) is 0.0900. The number of hydrogen-bond acceptors (Lipinski definition) is 5. The lowest BCUT2D eigenvalue weighted by Gasteiger charge is -2.22. The largest absolute Gasteiger partial charge is 0.387 e. The number of hydrogen-bond donors (Lipinski definition) is 1. The van der Waals surface area contributed by atoms with Crippen LogP contribution in [0, 0.1) is 0 Å². The highest BCUT2D eigenvalue weighted by atomic mass is 16.3. The third-order valence-electron chi connectivity index (χ3n) is 5.95. The monoisotopic (exact) mass is 433 g/mol. The second kappa shape index (κ2) is 10.5. The molecule has 1 atom stereocenters. The molecule has 1 aromatic heterocycles. The van der Waals surface area contributed by atoms with E-state index in [0.717, 1.165) is 44.7 Å². The van der Waals surface area contributed by atoms with Crippen LogP contribution in [-0.2, 0) is 13.1 Å². The first kappa shape index (κ1) is 22.2. The van der Waals surface area contributed by atoms with Gasteiger partial charge in [-0.05, 0) is 36.1 Å². The predicted octanol–water partition coefficient (Wildman–Crippen LogP) is 3.12. The first-order valence-electron chi connectivity index (χ1n) is 11.3. The number of aliphatic hydroxyl groups excluding tert-OH is 1. The first-order chi connectivity index (χ1) is 15.6. The zero-order chi connectivity index (χ0) is 22.3. The van der Waals surface area contributed by atoms with Gasteiger partial charge in [0.15, 0.2) is 0 Å². The second-order valence-electron chi connectivity index (χ2n) is 8.37. The smallest absolute Gasteiger partial charge is 0.253 e. The third kappa shape index (κ3) is 5.60. The quantitative estimate of drug-likeness (QED) is 0.620. The molecule has 32 heavy (non-hydrogen) atoms. The van der Waals surface area contributed by atoms with Gasteiger partial charge in [0.05, 0.1) is 18.8 Å². The SMILES string of the molecule is CCC(O)c1cn(Cc2ccc(C(=O)N3CCCN(Cc4ccccc4)CC3)cc2)nn1. The summed E-state index contributed by atoms with van der Waals surface area (Å²) < 4.78 is 1.71. The number of benzene rings is 2. The zero-order valence-electron chi connectivity index (χ0n) is 18.6. The van der Waals surface area contributed by atoms with Crippen molar-refractivity contribution in [2.24, 2.45) is 0 Å². The molecule has 3 aromatic rings. The molecule has 1 saturated heterocycles. The van der Waals surface area contributed by atoms with Crippen LogP contribution in [0.4, 0.5) is 0 Å². The Kier molecular flexibility index (Phi) is 7.29. The van der Waals surface area contributed by atoms with Gasteiger partial charge in [-0.3, -0.25) is 9.69 Å². The first-order valence-corrected chi connectivity index (χ1v) is 11.3. The normalized spacial score (nSPS) is 16.0. The lowest BCUT2D eigenvalue weighted by atomic mass is 10.1. The minimum Gasteiger partial charge on any atom is -0.387 e. The average Bonchev–Trinajstić information content (AvgIpc) is 3.17. The van der Waals surface area contributed by atoms with Crippen molar-refractivity contribution >= 4 is 5.91 Å². The Labute approximate surface area is 189 Å². The summed E-state index contributed by atoms with van der Waals surface area (Å²) in [6.45, 7) is 6.81. The number of rotatable bonds is 7. The summed E-state index contributed by atoms with van der Waals surface area (Å²) in [5, 5.41) is 18.0. The van der Waals surface area contributed by atoms with Crippen molar-refractivity contribution in [1.82, 2.24) is 24.8 Å². The van der Waals surface area contributed by atoms with E-state index >= 15 is 0 Å². The van der Waals surface area contributed by atoms with Gasteiger partial charge in [-0.15, -0.1) is 5.10 Å². The van der Waals surface area contributed by atoms with Gasteiger partial charge >= 0.3 is 0 Å². The lowest BCUT2D eigenvalue weighted by molar-refractivity contribution is 0.0761. The fourth-order valence-corrected chi connectivity index (χ4v) is 4.05. The molecule has 1 unspecified atom stereocenters. The van der Waals surface area contributed by atoms with Crippen molar-refractivity contribution < 1.29 is 9.90 Å². The molecule has 1 fully saturated rings. The van der Waals surface area contributed by atoms with E-state index in [1.807, 2.05) is 42.2 Å². The van der Waals surface area contributed by atoms with Crippen LogP contribution >= 0.6 is 0 Å². The van der Waals surface area contributed by atoms with Gasteiger partial charge in [-0.1, -0.05) is 54.6 Å². The van der Waals surface area contributed by atoms with Gasteiger partial charge in [-0.25, -0.2) is 4.68 Å². The van der Waals surface area contributed by atoms with Crippen LogP contribution < -0.4 is 0 Å². The van der Waals surface area contributed by atoms with Gasteiger partial charge in [0.2, 0.25) is 0 Å². The molecular weight excluding hydrogens is 402 g/mol. The van der Waals surface area contributed by atoms with Crippen LogP contribution in [0.25, 0.3) is 0 Å². The van der Waals surface area contributed by atoms with Gasteiger partial charge in [0.1, 0.15) is 5.69 Å². The number of aromatic nitrogens is 3. The van der Waals surface area contributed by atoms with E-state index < -0.39 is 6.10 Å². The fraction of sp³-hybridized carbons (Fsp3) is 0.400. The molecule has 4 rings (SSSR count). The minimum absolute atomic E-state index is 0.0900. The molecule has 1 amide bonds. The van der Waals surface area contributed by atoms with Gasteiger partial charge < -0.3 is 10.0 Å². The molecule has 0 aliphatic carbocycles. The Bertz CT molecular complexity index is 1000. The van der Waals surface area contributed by atoms with E-state index in [2.05, 4.69) is 39.5 Å². The van der Waals surface area contributed by atoms with Crippen molar-refractivity contribution in [3.8, 4) is 0 Å². The van der Waals surface area contributed by atoms with E-state index in [4.69, 9.17) is 0 Å². The van der Waals surface area contributed by atoms with Crippen LogP contribution in [-0.4, -0.2) is 62.0 Å². The number of nitrogens with zero attached hydrogens (tertiary/aromatic N) is 5. The maximum absolute atomic E-state index is 13.1. The fourth-order valence-electron chi connectivity index (χ4n) is 4.05. The third-order valence-corrected chi connectivity index (χ3v) is 5.95. The zero-order valence-corrected chi connectivity index (χ0v) is 18.6. The number of carbonyl (C=O) groups excluding carboxylic acids is 1. The van der Waals surface area contributed by atoms with Gasteiger partial charge in [0, 0.05) is 38.3 Å². The van der Waals surface area contributed by atoms with Crippen molar-refractivity contribution in [3.05, 3.63) is 83.2 Å².